The minimum absolute atomic E-state index is 0.0401. The third kappa shape index (κ3) is 7.95. The van der Waals surface area contributed by atoms with Crippen molar-refractivity contribution in [2.75, 3.05) is 13.1 Å². The summed E-state index contributed by atoms with van der Waals surface area (Å²) in [5, 5.41) is 11.6. The summed E-state index contributed by atoms with van der Waals surface area (Å²) in [5.41, 5.74) is 1.36. The second-order valence-corrected chi connectivity index (χ2v) is 12.4. The lowest BCUT2D eigenvalue weighted by Gasteiger charge is -2.22. The summed E-state index contributed by atoms with van der Waals surface area (Å²) in [6.45, 7) is 5.72. The highest BCUT2D eigenvalue weighted by Gasteiger charge is 2.31. The van der Waals surface area contributed by atoms with Crippen molar-refractivity contribution in [1.29, 1.82) is 0 Å². The van der Waals surface area contributed by atoms with Crippen molar-refractivity contribution in [2.45, 2.75) is 38.1 Å². The Bertz CT molecular complexity index is 1360. The van der Waals surface area contributed by atoms with Crippen LogP contribution in [0.1, 0.15) is 32.8 Å². The predicted octanol–water partition coefficient (Wildman–Crippen LogP) is 2.68. The van der Waals surface area contributed by atoms with Crippen molar-refractivity contribution < 1.29 is 21.2 Å². The maximum absolute atomic E-state index is 13.5. The lowest BCUT2D eigenvalue weighted by Crippen LogP contribution is -2.46. The molecule has 2 aromatic rings. The van der Waals surface area contributed by atoms with Gasteiger partial charge in [0, 0.05) is 17.0 Å². The number of sulfonamides is 1. The average molecular weight is 573 g/mol. The van der Waals surface area contributed by atoms with E-state index in [1.54, 1.807) is 26.0 Å². The number of rotatable bonds is 9. The van der Waals surface area contributed by atoms with Gasteiger partial charge in [-0.3, -0.25) is 0 Å². The first-order valence-electron chi connectivity index (χ1n) is 11.5. The van der Waals surface area contributed by atoms with Crippen LogP contribution in [0.5, 0.6) is 0 Å². The molecule has 1 heterocycles. The zero-order chi connectivity index (χ0) is 27.4. The summed E-state index contributed by atoms with van der Waals surface area (Å²) in [5.74, 6) is -0.754. The smallest absolute Gasteiger partial charge is 0.249 e. The minimum Gasteiger partial charge on any atom is -0.249 e. The van der Waals surface area contributed by atoms with Gasteiger partial charge in [0.1, 0.15) is 5.82 Å². The molecule has 37 heavy (non-hydrogen) atoms. The molecule has 3 rings (SSSR count). The molecule has 0 amide bonds. The maximum Gasteiger partial charge on any atom is 0.274 e. The van der Waals surface area contributed by atoms with Crippen LogP contribution in [-0.4, -0.2) is 52.6 Å². The summed E-state index contributed by atoms with van der Waals surface area (Å²) in [6.07, 6.45) is 0.686. The predicted molar refractivity (Wildman–Crippen MR) is 142 cm³/mol. The topological polar surface area (TPSA) is 146 Å². The summed E-state index contributed by atoms with van der Waals surface area (Å²) >= 11 is 5.90. The standard InChI is InChI=1S/C23H30ClFN6O4S2/c1-4-16-14-31(28-22(16)17-5-9-19(25)10-6-17)23(27-13-21(15(2)3)29-37(26,34)35)30-36(32,33)20-11-7-18(24)8-12-20/h5-12,15-16,21,29H,4,13-14H2,1-3H3,(H,27,30)(H2,26,34,35)/t16-,21-/m1/s1. The summed E-state index contributed by atoms with van der Waals surface area (Å²) in [7, 11) is -8.11. The Labute approximate surface area is 222 Å². The molecule has 2 aromatic carbocycles. The minimum atomic E-state index is -4.09. The number of hydrogen-bond acceptors (Lipinski definition) is 6. The van der Waals surface area contributed by atoms with Gasteiger partial charge in [0.05, 0.1) is 23.7 Å². The summed E-state index contributed by atoms with van der Waals surface area (Å²) in [4.78, 5) is 4.39. The second kappa shape index (κ2) is 11.9. The van der Waals surface area contributed by atoms with E-state index < -0.39 is 26.3 Å². The monoisotopic (exact) mass is 572 g/mol. The maximum atomic E-state index is 13.5. The van der Waals surface area contributed by atoms with Crippen LogP contribution in [0.15, 0.2) is 63.5 Å². The zero-order valence-electron chi connectivity index (χ0n) is 20.6. The fraction of sp³-hybridized carbons (Fsp3) is 0.391. The quantitative estimate of drug-likeness (QED) is 0.312. The average Bonchev–Trinajstić information content (AvgIpc) is 3.25. The molecule has 1 aliphatic rings. The van der Waals surface area contributed by atoms with Gasteiger partial charge >= 0.3 is 0 Å². The molecule has 10 nitrogen and oxygen atoms in total. The zero-order valence-corrected chi connectivity index (χ0v) is 23.0. The highest BCUT2D eigenvalue weighted by atomic mass is 35.5. The van der Waals surface area contributed by atoms with Crippen molar-refractivity contribution in [3.05, 3.63) is 64.9 Å². The molecule has 4 N–H and O–H groups in total. The number of hydrazone groups is 1. The van der Waals surface area contributed by atoms with Gasteiger partial charge < -0.3 is 0 Å². The van der Waals surface area contributed by atoms with E-state index in [9.17, 15) is 21.2 Å². The van der Waals surface area contributed by atoms with Gasteiger partial charge in [-0.25, -0.2) is 32.7 Å². The van der Waals surface area contributed by atoms with Gasteiger partial charge in [-0.1, -0.05) is 44.5 Å². The number of aliphatic imine (C=N–C) groups is 1. The molecule has 0 aromatic heterocycles. The number of guanidine groups is 1. The van der Waals surface area contributed by atoms with Crippen LogP contribution in [0.25, 0.3) is 0 Å². The van der Waals surface area contributed by atoms with Gasteiger partial charge in [0.15, 0.2) is 0 Å². The molecule has 0 saturated heterocycles. The Hall–Kier alpha value is -2.58. The van der Waals surface area contributed by atoms with Crippen LogP contribution >= 0.6 is 11.6 Å². The third-order valence-electron chi connectivity index (χ3n) is 5.79. The molecule has 0 aliphatic carbocycles. The molecular formula is C23H30ClFN6O4S2. The SMILES string of the molecule is CC[C@@H]1CN(C(=NC[C@@H](NS(N)(=O)=O)C(C)C)NS(=O)(=O)c2ccc(Cl)cc2)N=C1c1ccc(F)cc1. The first-order valence-corrected chi connectivity index (χ1v) is 14.9. The lowest BCUT2D eigenvalue weighted by atomic mass is 9.95. The molecule has 0 spiro atoms. The normalized spacial score (nSPS) is 17.7. The van der Waals surface area contributed by atoms with Crippen molar-refractivity contribution in [3.63, 3.8) is 0 Å². The largest absolute Gasteiger partial charge is 0.274 e. The fourth-order valence-corrected chi connectivity index (χ4v) is 5.57. The Kier molecular flexibility index (Phi) is 9.29. The first kappa shape index (κ1) is 29.0. The molecule has 0 radical (unpaired) electrons. The molecule has 0 bridgehead atoms. The van der Waals surface area contributed by atoms with Gasteiger partial charge in [0.25, 0.3) is 20.2 Å². The third-order valence-corrected chi connectivity index (χ3v) is 8.02. The van der Waals surface area contributed by atoms with E-state index in [0.29, 0.717) is 29.3 Å². The van der Waals surface area contributed by atoms with E-state index in [-0.39, 0.29) is 35.1 Å². The van der Waals surface area contributed by atoms with Crippen LogP contribution in [0, 0.1) is 17.7 Å². The van der Waals surface area contributed by atoms with Crippen molar-refractivity contribution >= 4 is 43.5 Å². The van der Waals surface area contributed by atoms with E-state index >= 15 is 0 Å². The molecule has 0 unspecified atom stereocenters. The van der Waals surface area contributed by atoms with Gasteiger partial charge in [-0.2, -0.15) is 18.2 Å². The van der Waals surface area contributed by atoms with Crippen LogP contribution < -0.4 is 14.6 Å². The second-order valence-electron chi connectivity index (χ2n) is 8.92. The summed E-state index contributed by atoms with van der Waals surface area (Å²) in [6, 6.07) is 10.8. The number of benzene rings is 2. The van der Waals surface area contributed by atoms with E-state index in [2.05, 4.69) is 19.5 Å². The first-order chi connectivity index (χ1) is 17.3. The number of halogens is 2. The van der Waals surface area contributed by atoms with Gasteiger partial charge in [0.2, 0.25) is 5.96 Å². The van der Waals surface area contributed by atoms with E-state index in [4.69, 9.17) is 16.7 Å². The van der Waals surface area contributed by atoms with Crippen LogP contribution in [-0.2, 0) is 20.2 Å². The number of nitrogens with two attached hydrogens (primary N) is 1. The Morgan fingerprint density at radius 3 is 2.32 bits per heavy atom. The molecule has 0 saturated carbocycles. The Morgan fingerprint density at radius 1 is 1.16 bits per heavy atom. The molecular weight excluding hydrogens is 543 g/mol. The fourth-order valence-electron chi connectivity index (χ4n) is 3.66. The molecule has 1 aliphatic heterocycles. The highest BCUT2D eigenvalue weighted by molar-refractivity contribution is 7.90. The molecule has 202 valence electrons. The lowest BCUT2D eigenvalue weighted by molar-refractivity contribution is 0.420. The Morgan fingerprint density at radius 2 is 1.78 bits per heavy atom. The molecule has 0 fully saturated rings. The van der Waals surface area contributed by atoms with E-state index in [1.165, 1.54) is 41.4 Å². The van der Waals surface area contributed by atoms with E-state index in [1.807, 2.05) is 6.92 Å². The van der Waals surface area contributed by atoms with E-state index in [0.717, 1.165) is 0 Å². The van der Waals surface area contributed by atoms with Gasteiger partial charge in [-0.05, 0) is 54.3 Å². The Balaban J connectivity index is 2.01. The van der Waals surface area contributed by atoms with Crippen molar-refractivity contribution in [1.82, 2.24) is 14.5 Å². The summed E-state index contributed by atoms with van der Waals surface area (Å²) < 4.78 is 67.9. The number of nitrogens with zero attached hydrogens (tertiary/aromatic N) is 3. The van der Waals surface area contributed by atoms with Gasteiger partial charge in [-0.15, -0.1) is 0 Å². The molecule has 2 atom stereocenters. The molecule has 14 heteroatoms. The van der Waals surface area contributed by atoms with Crippen LogP contribution in [0.4, 0.5) is 4.39 Å². The van der Waals surface area contributed by atoms with Crippen molar-refractivity contribution in [3.8, 4) is 0 Å². The van der Waals surface area contributed by atoms with Crippen molar-refractivity contribution in [2.24, 2.45) is 27.1 Å². The number of hydrogen-bond donors (Lipinski definition) is 3. The highest BCUT2D eigenvalue weighted by Crippen LogP contribution is 2.23. The number of nitrogens with one attached hydrogen (secondary N) is 2. The van der Waals surface area contributed by atoms with Crippen LogP contribution in [0.3, 0.4) is 0 Å². The van der Waals surface area contributed by atoms with Crippen LogP contribution in [0.2, 0.25) is 5.02 Å².